The van der Waals surface area contributed by atoms with Crippen molar-refractivity contribution < 1.29 is 0 Å². The van der Waals surface area contributed by atoms with Crippen LogP contribution >= 0.6 is 0 Å². The highest BCUT2D eigenvalue weighted by atomic mass is 28.1. The Labute approximate surface area is 91.8 Å². The van der Waals surface area contributed by atoms with Gasteiger partial charge in [-0.1, -0.05) is 29.2 Å². The molecule has 3 heteroatoms. The fourth-order valence-electron chi connectivity index (χ4n) is 1.14. The van der Waals surface area contributed by atoms with E-state index in [1.807, 2.05) is 12.1 Å². The topological polar surface area (TPSA) is 25.8 Å². The Morgan fingerprint density at radius 2 is 1.47 bits per heavy atom. The maximum atomic E-state index is 3.90. The Bertz CT molecular complexity index is 495. The Morgan fingerprint density at radius 1 is 0.867 bits per heavy atom. The molecule has 2 rings (SSSR count). The van der Waals surface area contributed by atoms with Gasteiger partial charge in [0.25, 0.3) is 0 Å². The van der Waals surface area contributed by atoms with Gasteiger partial charge < -0.3 is 0 Å². The van der Waals surface area contributed by atoms with E-state index in [0.717, 1.165) is 21.4 Å². The molecule has 0 atom stereocenters. The SMILES string of the molecule is [SiH3]c1ccc(C#Cc2cncnc2)cc1. The molecule has 1 aromatic heterocycles. The molecule has 0 aliphatic heterocycles. The van der Waals surface area contributed by atoms with Crippen molar-refractivity contribution in [2.45, 2.75) is 0 Å². The van der Waals surface area contributed by atoms with Crippen LogP contribution in [0.15, 0.2) is 43.0 Å². The molecule has 0 fully saturated rings. The number of benzene rings is 1. The molecule has 72 valence electrons. The summed E-state index contributed by atoms with van der Waals surface area (Å²) in [5.41, 5.74) is 1.87. The second-order valence-corrected chi connectivity index (χ2v) is 4.40. The zero-order chi connectivity index (χ0) is 10.5. The lowest BCUT2D eigenvalue weighted by atomic mass is 10.2. The normalized spacial score (nSPS) is 9.33. The maximum absolute atomic E-state index is 3.90. The van der Waals surface area contributed by atoms with Crippen molar-refractivity contribution in [3.8, 4) is 11.8 Å². The minimum absolute atomic E-state index is 0.840. The van der Waals surface area contributed by atoms with Crippen molar-refractivity contribution in [3.63, 3.8) is 0 Å². The molecule has 0 unspecified atom stereocenters. The number of hydrogen-bond acceptors (Lipinski definition) is 2. The van der Waals surface area contributed by atoms with Crippen LogP contribution in [0.4, 0.5) is 0 Å². The van der Waals surface area contributed by atoms with Crippen molar-refractivity contribution in [1.82, 2.24) is 9.97 Å². The highest BCUT2D eigenvalue weighted by molar-refractivity contribution is 6.32. The summed E-state index contributed by atoms with van der Waals surface area (Å²) in [7, 11) is 1.08. The summed E-state index contributed by atoms with van der Waals surface area (Å²) in [6, 6.07) is 8.30. The summed E-state index contributed by atoms with van der Waals surface area (Å²) in [6.45, 7) is 0. The third kappa shape index (κ3) is 2.76. The molecule has 0 aliphatic carbocycles. The van der Waals surface area contributed by atoms with Gasteiger partial charge in [0, 0.05) is 28.2 Å². The minimum atomic E-state index is 0.840. The van der Waals surface area contributed by atoms with Gasteiger partial charge in [0.15, 0.2) is 0 Å². The van der Waals surface area contributed by atoms with Crippen LogP contribution in [0, 0.1) is 11.8 Å². The quantitative estimate of drug-likeness (QED) is 0.447. The number of nitrogens with zero attached hydrogens (tertiary/aromatic N) is 2. The summed E-state index contributed by atoms with van der Waals surface area (Å²) in [5, 5.41) is 1.38. The molecule has 0 N–H and O–H groups in total. The first-order chi connectivity index (χ1) is 7.34. The van der Waals surface area contributed by atoms with Crippen molar-refractivity contribution in [2.24, 2.45) is 0 Å². The van der Waals surface area contributed by atoms with Crippen molar-refractivity contribution >= 4 is 15.4 Å². The lowest BCUT2D eigenvalue weighted by molar-refractivity contribution is 1.16. The van der Waals surface area contributed by atoms with Gasteiger partial charge in [-0.25, -0.2) is 9.97 Å². The van der Waals surface area contributed by atoms with Gasteiger partial charge in [0.1, 0.15) is 6.33 Å². The van der Waals surface area contributed by atoms with E-state index in [-0.39, 0.29) is 0 Å². The predicted octanol–water partition coefficient (Wildman–Crippen LogP) is -0.133. The smallest absolute Gasteiger partial charge is 0.115 e. The van der Waals surface area contributed by atoms with E-state index in [9.17, 15) is 0 Å². The lowest BCUT2D eigenvalue weighted by Crippen LogP contribution is -1.99. The van der Waals surface area contributed by atoms with Gasteiger partial charge in [-0.05, 0) is 12.1 Å². The Balaban J connectivity index is 2.22. The van der Waals surface area contributed by atoms with Crippen LogP contribution < -0.4 is 5.19 Å². The van der Waals surface area contributed by atoms with E-state index in [1.165, 1.54) is 11.5 Å². The van der Waals surface area contributed by atoms with Crippen LogP contribution in [0.1, 0.15) is 11.1 Å². The molecule has 0 aliphatic rings. The van der Waals surface area contributed by atoms with Crippen LogP contribution in [0.5, 0.6) is 0 Å². The molecule has 1 heterocycles. The van der Waals surface area contributed by atoms with Gasteiger partial charge >= 0.3 is 0 Å². The third-order valence-corrected chi connectivity index (χ3v) is 2.63. The number of rotatable bonds is 0. The summed E-state index contributed by atoms with van der Waals surface area (Å²) in [6.07, 6.45) is 4.92. The van der Waals surface area contributed by atoms with Crippen molar-refractivity contribution in [2.75, 3.05) is 0 Å². The van der Waals surface area contributed by atoms with Crippen molar-refractivity contribution in [1.29, 1.82) is 0 Å². The molecule has 15 heavy (non-hydrogen) atoms. The zero-order valence-electron chi connectivity index (χ0n) is 8.44. The van der Waals surface area contributed by atoms with E-state index in [4.69, 9.17) is 0 Å². The number of hydrogen-bond donors (Lipinski definition) is 0. The third-order valence-electron chi connectivity index (χ3n) is 1.96. The van der Waals surface area contributed by atoms with Gasteiger partial charge in [0.05, 0.1) is 5.56 Å². The Hall–Kier alpha value is -1.92. The predicted molar refractivity (Wildman–Crippen MR) is 64.0 cm³/mol. The van der Waals surface area contributed by atoms with Gasteiger partial charge in [-0.2, -0.15) is 0 Å². The summed E-state index contributed by atoms with van der Waals surface area (Å²) >= 11 is 0. The standard InChI is InChI=1S/C12H10N2Si/c15-12-5-3-10(4-6-12)1-2-11-7-13-9-14-8-11/h3-9H,15H3. The maximum Gasteiger partial charge on any atom is 0.115 e. The first-order valence-corrected chi connectivity index (χ1v) is 5.68. The van der Waals surface area contributed by atoms with E-state index < -0.39 is 0 Å². The number of aromatic nitrogens is 2. The van der Waals surface area contributed by atoms with E-state index in [0.29, 0.717) is 0 Å². The molecule has 0 bridgehead atoms. The molecular weight excluding hydrogens is 200 g/mol. The lowest BCUT2D eigenvalue weighted by Gasteiger charge is -1.91. The molecule has 0 saturated heterocycles. The average molecular weight is 210 g/mol. The largest absolute Gasteiger partial charge is 0.244 e. The average Bonchev–Trinajstić information content (AvgIpc) is 2.30. The van der Waals surface area contributed by atoms with Crippen LogP contribution in [-0.4, -0.2) is 20.2 Å². The highest BCUT2D eigenvalue weighted by Gasteiger charge is 1.87. The second kappa shape index (κ2) is 4.53. The molecule has 0 saturated carbocycles. The van der Waals surface area contributed by atoms with Gasteiger partial charge in [0.2, 0.25) is 0 Å². The van der Waals surface area contributed by atoms with E-state index in [1.54, 1.807) is 12.4 Å². The Kier molecular flexibility index (Phi) is 2.91. The molecule has 0 radical (unpaired) electrons. The first-order valence-electron chi connectivity index (χ1n) is 4.68. The van der Waals surface area contributed by atoms with Crippen LogP contribution in [0.3, 0.4) is 0 Å². The molecular formula is C12H10N2Si. The first kappa shape index (κ1) is 9.63. The van der Waals surface area contributed by atoms with Gasteiger partial charge in [-0.15, -0.1) is 0 Å². The Morgan fingerprint density at radius 3 is 2.13 bits per heavy atom. The fraction of sp³-hybridized carbons (Fsp3) is 0. The molecule has 0 amide bonds. The van der Waals surface area contributed by atoms with Crippen LogP contribution in [0.2, 0.25) is 0 Å². The van der Waals surface area contributed by atoms with Crippen molar-refractivity contribution in [3.05, 3.63) is 54.1 Å². The summed E-state index contributed by atoms with van der Waals surface area (Å²) in [5.74, 6) is 6.09. The molecule has 2 nitrogen and oxygen atoms in total. The molecule has 2 aromatic rings. The highest BCUT2D eigenvalue weighted by Crippen LogP contribution is 1.95. The van der Waals surface area contributed by atoms with Crippen LogP contribution in [0.25, 0.3) is 0 Å². The zero-order valence-corrected chi connectivity index (χ0v) is 10.4. The van der Waals surface area contributed by atoms with Crippen LogP contribution in [-0.2, 0) is 0 Å². The van der Waals surface area contributed by atoms with Gasteiger partial charge in [-0.3, -0.25) is 0 Å². The van der Waals surface area contributed by atoms with E-state index in [2.05, 4.69) is 33.9 Å². The second-order valence-electron chi connectivity index (χ2n) is 3.24. The fourth-order valence-corrected chi connectivity index (χ4v) is 1.48. The monoisotopic (exact) mass is 210 g/mol. The summed E-state index contributed by atoms with van der Waals surface area (Å²) < 4.78 is 0. The minimum Gasteiger partial charge on any atom is -0.244 e. The van der Waals surface area contributed by atoms with E-state index >= 15 is 0 Å². The summed E-state index contributed by atoms with van der Waals surface area (Å²) in [4.78, 5) is 7.81. The molecule has 1 aromatic carbocycles. The molecule has 0 spiro atoms.